The van der Waals surface area contributed by atoms with Gasteiger partial charge in [0.15, 0.2) is 0 Å². The molecule has 1 amide bonds. The van der Waals surface area contributed by atoms with Crippen LogP contribution in [0.15, 0.2) is 52.9 Å². The first kappa shape index (κ1) is 17.6. The Kier molecular flexibility index (Phi) is 4.19. The number of hydrogen-bond acceptors (Lipinski definition) is 4. The molecular formula is C20H20N2O4S. The molecule has 1 aliphatic rings. The van der Waals surface area contributed by atoms with Gasteiger partial charge in [-0.1, -0.05) is 18.2 Å². The molecule has 27 heavy (non-hydrogen) atoms. The highest BCUT2D eigenvalue weighted by Gasteiger charge is 2.32. The van der Waals surface area contributed by atoms with Crippen molar-refractivity contribution in [2.45, 2.75) is 25.9 Å². The van der Waals surface area contributed by atoms with Crippen molar-refractivity contribution in [2.75, 3.05) is 10.6 Å². The topological polar surface area (TPSA) is 79.6 Å². The maximum atomic E-state index is 12.5. The Morgan fingerprint density at radius 3 is 2.74 bits per heavy atom. The lowest BCUT2D eigenvalue weighted by molar-refractivity contribution is 0.0948. The third-order valence-electron chi connectivity index (χ3n) is 4.75. The van der Waals surface area contributed by atoms with E-state index in [0.29, 0.717) is 23.4 Å². The molecule has 0 unspecified atom stereocenters. The van der Waals surface area contributed by atoms with E-state index in [-0.39, 0.29) is 18.5 Å². The highest BCUT2D eigenvalue weighted by Crippen LogP contribution is 2.34. The fraction of sp³-hybridized carbons (Fsp3) is 0.250. The Balaban J connectivity index is 1.51. The summed E-state index contributed by atoms with van der Waals surface area (Å²) in [6.45, 7) is 2.15. The van der Waals surface area contributed by atoms with Gasteiger partial charge in [-0.2, -0.15) is 0 Å². The number of para-hydroxylation sites is 1. The number of nitrogens with zero attached hydrogens (tertiary/aromatic N) is 1. The molecule has 2 heterocycles. The van der Waals surface area contributed by atoms with E-state index < -0.39 is 10.0 Å². The second-order valence-corrected chi connectivity index (χ2v) is 8.75. The van der Waals surface area contributed by atoms with Crippen LogP contribution in [0.4, 0.5) is 5.69 Å². The fourth-order valence-corrected chi connectivity index (χ4v) is 4.91. The number of fused-ring (bicyclic) bond motifs is 2. The predicted octanol–water partition coefficient (Wildman–Crippen LogP) is 3.07. The van der Waals surface area contributed by atoms with Gasteiger partial charge in [-0.25, -0.2) is 8.42 Å². The van der Waals surface area contributed by atoms with Gasteiger partial charge in [0, 0.05) is 17.0 Å². The Labute approximate surface area is 157 Å². The number of amides is 1. The van der Waals surface area contributed by atoms with Gasteiger partial charge >= 0.3 is 0 Å². The second kappa shape index (κ2) is 6.42. The van der Waals surface area contributed by atoms with E-state index in [1.807, 2.05) is 37.3 Å². The number of rotatable bonds is 4. The molecule has 140 valence electrons. The summed E-state index contributed by atoms with van der Waals surface area (Å²) < 4.78 is 31.1. The van der Waals surface area contributed by atoms with Crippen molar-refractivity contribution >= 4 is 32.6 Å². The number of benzene rings is 2. The van der Waals surface area contributed by atoms with E-state index in [4.69, 9.17) is 4.42 Å². The smallest absolute Gasteiger partial charge is 0.251 e. The van der Waals surface area contributed by atoms with E-state index >= 15 is 0 Å². The molecule has 0 aliphatic carbocycles. The average molecular weight is 384 g/mol. The van der Waals surface area contributed by atoms with Crippen molar-refractivity contribution in [1.82, 2.24) is 5.32 Å². The summed E-state index contributed by atoms with van der Waals surface area (Å²) in [4.78, 5) is 12.5. The molecule has 1 aromatic heterocycles. The molecule has 4 rings (SSSR count). The van der Waals surface area contributed by atoms with Gasteiger partial charge in [0.2, 0.25) is 10.0 Å². The molecule has 1 N–H and O–H groups in total. The minimum atomic E-state index is -3.34. The number of carbonyl (C=O) groups is 1. The van der Waals surface area contributed by atoms with E-state index in [1.165, 1.54) is 10.6 Å². The van der Waals surface area contributed by atoms with Gasteiger partial charge in [0.25, 0.3) is 5.91 Å². The normalized spacial score (nSPS) is 16.5. The standard InChI is InChI=1S/C20H20N2O4S/c1-13-9-16-10-15(7-8-18(16)22(13)27(2,24)25)20(23)21-12-17-11-14-5-3-4-6-19(14)26-17/h3-8,10-11,13H,9,12H2,1-2H3,(H,21,23)/t13-/m0/s1. The third-order valence-corrected chi connectivity index (χ3v) is 6.02. The van der Waals surface area contributed by atoms with E-state index in [9.17, 15) is 13.2 Å². The zero-order valence-corrected chi connectivity index (χ0v) is 15.9. The van der Waals surface area contributed by atoms with E-state index in [2.05, 4.69) is 5.32 Å². The van der Waals surface area contributed by atoms with Gasteiger partial charge in [0.1, 0.15) is 11.3 Å². The number of hydrogen-bond donors (Lipinski definition) is 1. The van der Waals surface area contributed by atoms with E-state index in [1.54, 1.807) is 18.2 Å². The first-order valence-corrected chi connectivity index (χ1v) is 10.6. The Morgan fingerprint density at radius 1 is 1.22 bits per heavy atom. The van der Waals surface area contributed by atoms with Crippen LogP contribution in [0.2, 0.25) is 0 Å². The summed E-state index contributed by atoms with van der Waals surface area (Å²) in [6, 6.07) is 14.6. The number of nitrogens with one attached hydrogen (secondary N) is 1. The first-order valence-electron chi connectivity index (χ1n) is 8.71. The lowest BCUT2D eigenvalue weighted by Crippen LogP contribution is -2.34. The summed E-state index contributed by atoms with van der Waals surface area (Å²) in [6.07, 6.45) is 1.79. The Morgan fingerprint density at radius 2 is 2.00 bits per heavy atom. The maximum Gasteiger partial charge on any atom is 0.251 e. The zero-order valence-electron chi connectivity index (χ0n) is 15.1. The molecule has 6 nitrogen and oxygen atoms in total. The lowest BCUT2D eigenvalue weighted by atomic mass is 10.1. The number of furan rings is 1. The average Bonchev–Trinajstić information content (AvgIpc) is 3.17. The van der Waals surface area contributed by atoms with Crippen molar-refractivity contribution in [3.8, 4) is 0 Å². The first-order chi connectivity index (χ1) is 12.8. The van der Waals surface area contributed by atoms with Crippen molar-refractivity contribution < 1.29 is 17.6 Å². The van der Waals surface area contributed by atoms with Gasteiger partial charge in [-0.15, -0.1) is 0 Å². The molecule has 2 aromatic carbocycles. The summed E-state index contributed by atoms with van der Waals surface area (Å²) >= 11 is 0. The number of carbonyl (C=O) groups excluding carboxylic acids is 1. The van der Waals surface area contributed by atoms with Crippen molar-refractivity contribution in [1.29, 1.82) is 0 Å². The fourth-order valence-electron chi connectivity index (χ4n) is 3.64. The number of sulfonamides is 1. The van der Waals surface area contributed by atoms with Gasteiger partial charge in [0.05, 0.1) is 18.5 Å². The molecule has 1 aliphatic heterocycles. The summed E-state index contributed by atoms with van der Waals surface area (Å²) in [5.41, 5.74) is 2.81. The minimum absolute atomic E-state index is 0.149. The molecule has 0 saturated heterocycles. The predicted molar refractivity (Wildman–Crippen MR) is 104 cm³/mol. The Bertz CT molecular complexity index is 1100. The quantitative estimate of drug-likeness (QED) is 0.750. The largest absolute Gasteiger partial charge is 0.459 e. The van der Waals surface area contributed by atoms with Crippen LogP contribution in [-0.4, -0.2) is 26.6 Å². The van der Waals surface area contributed by atoms with Crippen molar-refractivity contribution in [3.05, 3.63) is 65.4 Å². The molecule has 3 aromatic rings. The van der Waals surface area contributed by atoms with Gasteiger partial charge in [-0.05, 0) is 49.2 Å². The van der Waals surface area contributed by atoms with Crippen molar-refractivity contribution in [2.24, 2.45) is 0 Å². The van der Waals surface area contributed by atoms with Crippen LogP contribution in [0, 0.1) is 0 Å². The van der Waals surface area contributed by atoms with Gasteiger partial charge in [-0.3, -0.25) is 9.10 Å². The number of anilines is 1. The summed E-state index contributed by atoms with van der Waals surface area (Å²) in [7, 11) is -3.34. The molecule has 0 saturated carbocycles. The van der Waals surface area contributed by atoms with Crippen LogP contribution < -0.4 is 9.62 Å². The zero-order chi connectivity index (χ0) is 19.2. The maximum absolute atomic E-state index is 12.5. The van der Waals surface area contributed by atoms with Crippen LogP contribution in [0.3, 0.4) is 0 Å². The highest BCUT2D eigenvalue weighted by molar-refractivity contribution is 7.92. The van der Waals surface area contributed by atoms with E-state index in [0.717, 1.165) is 16.5 Å². The van der Waals surface area contributed by atoms with Crippen molar-refractivity contribution in [3.63, 3.8) is 0 Å². The van der Waals surface area contributed by atoms with Crippen LogP contribution in [0.1, 0.15) is 28.6 Å². The molecule has 0 spiro atoms. The molecule has 0 radical (unpaired) electrons. The molecule has 7 heteroatoms. The molecule has 0 bridgehead atoms. The highest BCUT2D eigenvalue weighted by atomic mass is 32.2. The van der Waals surface area contributed by atoms with Gasteiger partial charge < -0.3 is 9.73 Å². The molecule has 1 atom stereocenters. The van der Waals surface area contributed by atoms with Crippen LogP contribution >= 0.6 is 0 Å². The van der Waals surface area contributed by atoms with Crippen LogP contribution in [-0.2, 0) is 23.0 Å². The minimum Gasteiger partial charge on any atom is -0.459 e. The van der Waals surface area contributed by atoms with Crippen LogP contribution in [0.25, 0.3) is 11.0 Å². The summed E-state index contributed by atoms with van der Waals surface area (Å²) in [5.74, 6) is 0.464. The molecular weight excluding hydrogens is 364 g/mol. The summed E-state index contributed by atoms with van der Waals surface area (Å²) in [5, 5.41) is 3.85. The lowest BCUT2D eigenvalue weighted by Gasteiger charge is -2.21. The Hall–Kier alpha value is -2.80. The third kappa shape index (κ3) is 3.30. The SMILES string of the molecule is C[C@H]1Cc2cc(C(=O)NCc3cc4ccccc4o3)ccc2N1S(C)(=O)=O. The van der Waals surface area contributed by atoms with Crippen LogP contribution in [0.5, 0.6) is 0 Å². The monoisotopic (exact) mass is 384 g/mol. The molecule has 0 fully saturated rings. The second-order valence-electron chi connectivity index (χ2n) is 6.89.